The summed E-state index contributed by atoms with van der Waals surface area (Å²) in [7, 11) is 0. The molecule has 7 heteroatoms. The van der Waals surface area contributed by atoms with Crippen LogP contribution in [0, 0.1) is 5.92 Å². The van der Waals surface area contributed by atoms with E-state index in [0.29, 0.717) is 17.7 Å². The molecule has 0 saturated heterocycles. The number of carboxylic acids is 1. The minimum absolute atomic E-state index is 0.0310. The number of fused-ring (bicyclic) bond motifs is 3. The average Bonchev–Trinajstić information content (AvgIpc) is 3.16. The Morgan fingerprint density at radius 3 is 2.23 bits per heavy atom. The molecule has 1 aliphatic carbocycles. The van der Waals surface area contributed by atoms with Crippen molar-refractivity contribution in [3.63, 3.8) is 0 Å². The van der Waals surface area contributed by atoms with E-state index in [1.807, 2.05) is 31.2 Å². The quantitative estimate of drug-likeness (QED) is 0.414. The molecular formula is C28H28N2O5. The van der Waals surface area contributed by atoms with E-state index in [2.05, 4.69) is 34.9 Å². The van der Waals surface area contributed by atoms with Gasteiger partial charge in [-0.3, -0.25) is 9.59 Å². The fourth-order valence-electron chi connectivity index (χ4n) is 4.46. The van der Waals surface area contributed by atoms with Gasteiger partial charge in [-0.15, -0.1) is 0 Å². The third-order valence-corrected chi connectivity index (χ3v) is 6.25. The minimum atomic E-state index is -0.938. The Hall–Kier alpha value is -4.13. The Labute approximate surface area is 204 Å². The van der Waals surface area contributed by atoms with Crippen LogP contribution in [0.2, 0.25) is 0 Å². The summed E-state index contributed by atoms with van der Waals surface area (Å²) >= 11 is 0. The molecule has 0 saturated carbocycles. The summed E-state index contributed by atoms with van der Waals surface area (Å²) in [6.07, 6.45) is -0.171. The predicted molar refractivity (Wildman–Crippen MR) is 133 cm³/mol. The zero-order chi connectivity index (χ0) is 24.8. The molecule has 180 valence electrons. The second kappa shape index (κ2) is 10.9. The first-order valence-electron chi connectivity index (χ1n) is 11.7. The number of hydrogen-bond acceptors (Lipinski definition) is 4. The van der Waals surface area contributed by atoms with E-state index in [4.69, 9.17) is 9.84 Å². The number of rotatable bonds is 9. The van der Waals surface area contributed by atoms with Crippen LogP contribution >= 0.6 is 0 Å². The van der Waals surface area contributed by atoms with Crippen LogP contribution < -0.4 is 10.6 Å². The van der Waals surface area contributed by atoms with Gasteiger partial charge >= 0.3 is 12.1 Å². The molecule has 0 aromatic heterocycles. The van der Waals surface area contributed by atoms with Gasteiger partial charge in [-0.2, -0.15) is 0 Å². The number of alkyl carbamates (subject to hydrolysis) is 1. The van der Waals surface area contributed by atoms with Crippen molar-refractivity contribution < 1.29 is 24.2 Å². The Bertz CT molecular complexity index is 1190. The molecule has 4 rings (SSSR count). The summed E-state index contributed by atoms with van der Waals surface area (Å²) in [5.41, 5.74) is 5.71. The van der Waals surface area contributed by atoms with Crippen LogP contribution in [0.25, 0.3) is 11.1 Å². The van der Waals surface area contributed by atoms with Gasteiger partial charge in [0.05, 0.1) is 12.3 Å². The minimum Gasteiger partial charge on any atom is -0.481 e. The lowest BCUT2D eigenvalue weighted by molar-refractivity contribution is -0.136. The highest BCUT2D eigenvalue weighted by atomic mass is 16.5. The van der Waals surface area contributed by atoms with E-state index >= 15 is 0 Å². The molecule has 1 aliphatic rings. The molecule has 35 heavy (non-hydrogen) atoms. The Kier molecular flexibility index (Phi) is 7.45. The Balaban J connectivity index is 1.31. The van der Waals surface area contributed by atoms with Gasteiger partial charge in [0, 0.05) is 18.2 Å². The summed E-state index contributed by atoms with van der Waals surface area (Å²) in [5.74, 6) is -1.68. The van der Waals surface area contributed by atoms with Crippen LogP contribution in [-0.4, -0.2) is 36.2 Å². The molecule has 3 aromatic rings. The van der Waals surface area contributed by atoms with Gasteiger partial charge in [-0.1, -0.05) is 67.6 Å². The highest BCUT2D eigenvalue weighted by Crippen LogP contribution is 2.44. The third-order valence-electron chi connectivity index (χ3n) is 6.25. The monoisotopic (exact) mass is 472 g/mol. The highest BCUT2D eigenvalue weighted by Gasteiger charge is 2.29. The SMILES string of the molecule is CCC(CNC(=O)OCC1c2ccccc2-c2ccccc21)C(=O)Nc1cccc(CC(=O)O)c1. The van der Waals surface area contributed by atoms with Crippen LogP contribution in [0.15, 0.2) is 72.8 Å². The summed E-state index contributed by atoms with van der Waals surface area (Å²) in [6, 6.07) is 23.0. The molecule has 0 fully saturated rings. The molecule has 1 unspecified atom stereocenters. The van der Waals surface area contributed by atoms with Crippen molar-refractivity contribution in [2.45, 2.75) is 25.7 Å². The number of carboxylic acid groups (broad SMARTS) is 1. The zero-order valence-electron chi connectivity index (χ0n) is 19.5. The van der Waals surface area contributed by atoms with Crippen molar-refractivity contribution in [2.24, 2.45) is 5.92 Å². The lowest BCUT2D eigenvalue weighted by Crippen LogP contribution is -2.36. The van der Waals surface area contributed by atoms with Crippen LogP contribution in [0.3, 0.4) is 0 Å². The maximum absolute atomic E-state index is 12.7. The number of amides is 2. The van der Waals surface area contributed by atoms with Crippen molar-refractivity contribution in [3.8, 4) is 11.1 Å². The van der Waals surface area contributed by atoms with Crippen LogP contribution in [0.5, 0.6) is 0 Å². The molecule has 1 atom stereocenters. The number of nitrogens with one attached hydrogen (secondary N) is 2. The Morgan fingerprint density at radius 2 is 1.60 bits per heavy atom. The number of benzene rings is 3. The molecule has 3 N–H and O–H groups in total. The number of anilines is 1. The molecule has 0 bridgehead atoms. The molecule has 3 aromatic carbocycles. The van der Waals surface area contributed by atoms with Gasteiger partial charge in [0.25, 0.3) is 0 Å². The number of aliphatic carboxylic acids is 1. The topological polar surface area (TPSA) is 105 Å². The maximum Gasteiger partial charge on any atom is 0.407 e. The molecule has 0 heterocycles. The lowest BCUT2D eigenvalue weighted by atomic mass is 9.98. The first-order valence-corrected chi connectivity index (χ1v) is 11.7. The first-order chi connectivity index (χ1) is 17.0. The third kappa shape index (κ3) is 5.69. The largest absolute Gasteiger partial charge is 0.481 e. The smallest absolute Gasteiger partial charge is 0.407 e. The second-order valence-electron chi connectivity index (χ2n) is 8.57. The molecule has 7 nitrogen and oxygen atoms in total. The fraction of sp³-hybridized carbons (Fsp3) is 0.250. The van der Waals surface area contributed by atoms with Crippen molar-refractivity contribution in [3.05, 3.63) is 89.5 Å². The predicted octanol–water partition coefficient (Wildman–Crippen LogP) is 4.82. The van der Waals surface area contributed by atoms with Crippen molar-refractivity contribution >= 4 is 23.7 Å². The van der Waals surface area contributed by atoms with Crippen LogP contribution in [-0.2, 0) is 20.7 Å². The van der Waals surface area contributed by atoms with Gasteiger partial charge in [0.1, 0.15) is 6.61 Å². The lowest BCUT2D eigenvalue weighted by Gasteiger charge is -2.18. The summed E-state index contributed by atoms with van der Waals surface area (Å²) < 4.78 is 5.55. The number of ether oxygens (including phenoxy) is 1. The van der Waals surface area contributed by atoms with Crippen molar-refractivity contribution in [1.29, 1.82) is 0 Å². The van der Waals surface area contributed by atoms with Gasteiger partial charge < -0.3 is 20.5 Å². The highest BCUT2D eigenvalue weighted by molar-refractivity contribution is 5.93. The molecule has 2 amide bonds. The Morgan fingerprint density at radius 1 is 0.943 bits per heavy atom. The molecular weight excluding hydrogens is 444 g/mol. The molecule has 0 aliphatic heterocycles. The van der Waals surface area contributed by atoms with Crippen molar-refractivity contribution in [1.82, 2.24) is 5.32 Å². The second-order valence-corrected chi connectivity index (χ2v) is 8.57. The summed E-state index contributed by atoms with van der Waals surface area (Å²) in [6.45, 7) is 2.21. The maximum atomic E-state index is 12.7. The van der Waals surface area contributed by atoms with Crippen LogP contribution in [0.4, 0.5) is 10.5 Å². The van der Waals surface area contributed by atoms with Gasteiger partial charge in [0.15, 0.2) is 0 Å². The van der Waals surface area contributed by atoms with E-state index in [-0.39, 0.29) is 31.4 Å². The van der Waals surface area contributed by atoms with E-state index < -0.39 is 18.0 Å². The van der Waals surface area contributed by atoms with Crippen LogP contribution in [0.1, 0.15) is 36.0 Å². The normalized spacial score (nSPS) is 12.8. The van der Waals surface area contributed by atoms with E-state index in [0.717, 1.165) is 22.3 Å². The van der Waals surface area contributed by atoms with E-state index in [1.54, 1.807) is 24.3 Å². The molecule has 0 radical (unpaired) electrons. The standard InChI is InChI=1S/C28H28N2O5/c1-2-19(27(33)30-20-9-7-8-18(14-20)15-26(31)32)16-29-28(34)35-17-25-23-12-5-3-10-21(23)22-11-4-6-13-24(22)25/h3-14,19,25H,2,15-17H2,1H3,(H,29,34)(H,30,33)(H,31,32). The average molecular weight is 473 g/mol. The van der Waals surface area contributed by atoms with Gasteiger partial charge in [-0.25, -0.2) is 4.79 Å². The summed E-state index contributed by atoms with van der Waals surface area (Å²) in [4.78, 5) is 36.1. The zero-order valence-corrected chi connectivity index (χ0v) is 19.5. The number of carbonyl (C=O) groups is 3. The van der Waals surface area contributed by atoms with Crippen molar-refractivity contribution in [2.75, 3.05) is 18.5 Å². The van der Waals surface area contributed by atoms with E-state index in [1.165, 1.54) is 0 Å². The summed E-state index contributed by atoms with van der Waals surface area (Å²) in [5, 5.41) is 14.5. The first kappa shape index (κ1) is 24.0. The van der Waals surface area contributed by atoms with Gasteiger partial charge in [-0.05, 0) is 46.4 Å². The van der Waals surface area contributed by atoms with Gasteiger partial charge in [0.2, 0.25) is 5.91 Å². The number of carbonyl (C=O) groups excluding carboxylic acids is 2. The fourth-order valence-corrected chi connectivity index (χ4v) is 4.46. The molecule has 0 spiro atoms. The number of hydrogen-bond donors (Lipinski definition) is 3. The van der Waals surface area contributed by atoms with E-state index in [9.17, 15) is 14.4 Å².